The molecule has 0 atom stereocenters. The van der Waals surface area contributed by atoms with E-state index < -0.39 is 0 Å². The second kappa shape index (κ2) is 4.12. The van der Waals surface area contributed by atoms with E-state index in [1.54, 1.807) is 30.2 Å². The zero-order valence-corrected chi connectivity index (χ0v) is 10.8. The minimum absolute atomic E-state index is 0.528. The van der Waals surface area contributed by atoms with E-state index in [9.17, 15) is 0 Å². The summed E-state index contributed by atoms with van der Waals surface area (Å²) >= 11 is 15.5. The van der Waals surface area contributed by atoms with Crippen LogP contribution >= 0.6 is 39.1 Å². The number of hydrogen-bond acceptors (Lipinski definition) is 2. The summed E-state index contributed by atoms with van der Waals surface area (Å²) < 4.78 is 2.43. The minimum atomic E-state index is 0.528. The van der Waals surface area contributed by atoms with Gasteiger partial charge in [-0.05, 0) is 12.1 Å². The normalized spacial score (nSPS) is 10.7. The van der Waals surface area contributed by atoms with Gasteiger partial charge in [-0.2, -0.15) is 5.10 Å². The Morgan fingerprint density at radius 2 is 1.87 bits per heavy atom. The maximum atomic E-state index is 6.07. The van der Waals surface area contributed by atoms with Crippen LogP contribution in [0.1, 0.15) is 0 Å². The van der Waals surface area contributed by atoms with Gasteiger partial charge < -0.3 is 0 Å². The van der Waals surface area contributed by atoms with E-state index in [1.165, 1.54) is 0 Å². The maximum absolute atomic E-state index is 6.07. The fourth-order valence-corrected chi connectivity index (χ4v) is 2.59. The molecule has 0 spiro atoms. The molecule has 0 aliphatic heterocycles. The third-order valence-electron chi connectivity index (χ3n) is 1.83. The number of aromatic nitrogens is 3. The molecule has 0 N–H and O–H groups in total. The lowest BCUT2D eigenvalue weighted by molar-refractivity contribution is 0.768. The Kier molecular flexibility index (Phi) is 3.00. The van der Waals surface area contributed by atoms with Gasteiger partial charge in [0.1, 0.15) is 6.33 Å². The van der Waals surface area contributed by atoms with E-state index in [0.717, 1.165) is 4.47 Å². The first kappa shape index (κ1) is 10.9. The van der Waals surface area contributed by atoms with Crippen molar-refractivity contribution in [1.29, 1.82) is 0 Å². The summed E-state index contributed by atoms with van der Waals surface area (Å²) in [4.78, 5) is 4.11. The number of halogens is 3. The predicted molar refractivity (Wildman–Crippen MR) is 64.2 cm³/mol. The molecule has 0 bridgehead atoms. The quantitative estimate of drug-likeness (QED) is 0.806. The van der Waals surface area contributed by atoms with Crippen molar-refractivity contribution in [3.8, 4) is 11.4 Å². The zero-order valence-electron chi connectivity index (χ0n) is 7.71. The van der Waals surface area contributed by atoms with Crippen LogP contribution in [0.4, 0.5) is 0 Å². The Bertz CT molecular complexity index is 487. The lowest BCUT2D eigenvalue weighted by Crippen LogP contribution is -1.89. The van der Waals surface area contributed by atoms with E-state index >= 15 is 0 Å². The van der Waals surface area contributed by atoms with Crippen molar-refractivity contribution >= 4 is 39.1 Å². The summed E-state index contributed by atoms with van der Waals surface area (Å²) in [6, 6.07) is 3.53. The van der Waals surface area contributed by atoms with E-state index in [1.807, 2.05) is 0 Å². The van der Waals surface area contributed by atoms with Crippen LogP contribution in [-0.4, -0.2) is 14.8 Å². The van der Waals surface area contributed by atoms with Crippen LogP contribution in [-0.2, 0) is 7.05 Å². The number of benzene rings is 1. The van der Waals surface area contributed by atoms with Gasteiger partial charge in [0, 0.05) is 11.5 Å². The molecule has 15 heavy (non-hydrogen) atoms. The number of nitrogens with zero attached hydrogens (tertiary/aromatic N) is 3. The molecule has 2 rings (SSSR count). The standard InChI is InChI=1S/C9H6BrCl2N3/c1-15-4-13-9(14-15)8-6(11)2-5(10)3-7(8)12/h2-4H,1H3. The summed E-state index contributed by atoms with van der Waals surface area (Å²) in [5.41, 5.74) is 0.655. The van der Waals surface area contributed by atoms with Crippen LogP contribution < -0.4 is 0 Å². The van der Waals surface area contributed by atoms with Crippen molar-refractivity contribution in [2.75, 3.05) is 0 Å². The first-order chi connectivity index (χ1) is 7.08. The smallest absolute Gasteiger partial charge is 0.184 e. The third-order valence-corrected chi connectivity index (χ3v) is 2.88. The molecular formula is C9H6BrCl2N3. The van der Waals surface area contributed by atoms with Crippen LogP contribution in [0.5, 0.6) is 0 Å². The van der Waals surface area contributed by atoms with Crippen LogP contribution in [0.15, 0.2) is 22.9 Å². The Hall–Kier alpha value is -0.580. The van der Waals surface area contributed by atoms with Crippen LogP contribution in [0.2, 0.25) is 10.0 Å². The Labute approximate surface area is 105 Å². The summed E-state index contributed by atoms with van der Waals surface area (Å²) in [5, 5.41) is 5.21. The zero-order chi connectivity index (χ0) is 11.0. The number of hydrogen-bond donors (Lipinski definition) is 0. The highest BCUT2D eigenvalue weighted by Crippen LogP contribution is 2.35. The fourth-order valence-electron chi connectivity index (χ4n) is 1.21. The molecule has 0 amide bonds. The molecule has 6 heteroatoms. The first-order valence-corrected chi connectivity index (χ1v) is 5.63. The van der Waals surface area contributed by atoms with E-state index in [2.05, 4.69) is 26.0 Å². The largest absolute Gasteiger partial charge is 0.255 e. The molecule has 0 aliphatic rings. The van der Waals surface area contributed by atoms with Crippen molar-refractivity contribution < 1.29 is 0 Å². The topological polar surface area (TPSA) is 30.7 Å². The first-order valence-electron chi connectivity index (χ1n) is 4.08. The molecule has 0 saturated carbocycles. The van der Waals surface area contributed by atoms with Gasteiger partial charge in [-0.25, -0.2) is 4.98 Å². The molecule has 0 radical (unpaired) electrons. The summed E-state index contributed by atoms with van der Waals surface area (Å²) in [5.74, 6) is 0.528. The highest BCUT2D eigenvalue weighted by Gasteiger charge is 2.13. The van der Waals surface area contributed by atoms with Crippen LogP contribution in [0.3, 0.4) is 0 Å². The molecule has 1 aromatic carbocycles. The molecular weight excluding hydrogens is 301 g/mol. The second-order valence-corrected chi connectivity index (χ2v) is 4.72. The molecule has 1 aromatic heterocycles. The van der Waals surface area contributed by atoms with E-state index in [4.69, 9.17) is 23.2 Å². The van der Waals surface area contributed by atoms with Gasteiger partial charge in [0.05, 0.1) is 15.6 Å². The molecule has 78 valence electrons. The van der Waals surface area contributed by atoms with Crippen molar-refractivity contribution in [3.05, 3.63) is 33.0 Å². The molecule has 2 aromatic rings. The van der Waals surface area contributed by atoms with Crippen molar-refractivity contribution in [1.82, 2.24) is 14.8 Å². The summed E-state index contributed by atoms with van der Waals surface area (Å²) in [7, 11) is 1.79. The predicted octanol–water partition coefficient (Wildman–Crippen LogP) is 3.55. The Morgan fingerprint density at radius 3 is 2.33 bits per heavy atom. The SMILES string of the molecule is Cn1cnc(-c2c(Cl)cc(Br)cc2Cl)n1. The average Bonchev–Trinajstić information content (AvgIpc) is 2.49. The maximum Gasteiger partial charge on any atom is 0.184 e. The minimum Gasteiger partial charge on any atom is -0.255 e. The van der Waals surface area contributed by atoms with Crippen molar-refractivity contribution in [3.63, 3.8) is 0 Å². The Morgan fingerprint density at radius 1 is 1.27 bits per heavy atom. The van der Waals surface area contributed by atoms with E-state index in [-0.39, 0.29) is 0 Å². The summed E-state index contributed by atoms with van der Waals surface area (Å²) in [6.07, 6.45) is 1.60. The molecule has 0 saturated heterocycles. The van der Waals surface area contributed by atoms with Crippen molar-refractivity contribution in [2.24, 2.45) is 7.05 Å². The van der Waals surface area contributed by atoms with E-state index in [0.29, 0.717) is 21.4 Å². The monoisotopic (exact) mass is 305 g/mol. The number of aryl methyl sites for hydroxylation is 1. The highest BCUT2D eigenvalue weighted by molar-refractivity contribution is 9.10. The molecule has 0 unspecified atom stereocenters. The lowest BCUT2D eigenvalue weighted by Gasteiger charge is -2.03. The number of rotatable bonds is 1. The van der Waals surface area contributed by atoms with Crippen LogP contribution in [0, 0.1) is 0 Å². The van der Waals surface area contributed by atoms with Crippen molar-refractivity contribution in [2.45, 2.75) is 0 Å². The molecule has 3 nitrogen and oxygen atoms in total. The Balaban J connectivity index is 2.62. The fraction of sp³-hybridized carbons (Fsp3) is 0.111. The van der Waals surface area contributed by atoms with Gasteiger partial charge >= 0.3 is 0 Å². The average molecular weight is 307 g/mol. The summed E-state index contributed by atoms with van der Waals surface area (Å²) in [6.45, 7) is 0. The molecule has 1 heterocycles. The molecule has 0 fully saturated rings. The van der Waals surface area contributed by atoms with Gasteiger partial charge in [-0.3, -0.25) is 4.68 Å². The highest BCUT2D eigenvalue weighted by atomic mass is 79.9. The lowest BCUT2D eigenvalue weighted by atomic mass is 10.2. The third kappa shape index (κ3) is 2.17. The second-order valence-electron chi connectivity index (χ2n) is 2.99. The van der Waals surface area contributed by atoms with Crippen LogP contribution in [0.25, 0.3) is 11.4 Å². The van der Waals surface area contributed by atoms with Gasteiger partial charge in [0.25, 0.3) is 0 Å². The van der Waals surface area contributed by atoms with Gasteiger partial charge in [-0.1, -0.05) is 39.1 Å². The van der Waals surface area contributed by atoms with Gasteiger partial charge in [0.2, 0.25) is 0 Å². The van der Waals surface area contributed by atoms with Gasteiger partial charge in [-0.15, -0.1) is 0 Å². The van der Waals surface area contributed by atoms with Gasteiger partial charge in [0.15, 0.2) is 5.82 Å². The molecule has 0 aliphatic carbocycles.